The standard InChI is InChI=1S/C23H27NO5/c1-6-29-23(27)18-14(4)24-16-11-13(3)17(22(26)28-5)21(25)20(16)19(18)15-10-8-7-9-12(15)2/h7-10,13,17,19,24H,6,11H2,1-5H3/t13-,17-,19+/m0/s1. The molecule has 29 heavy (non-hydrogen) atoms. The van der Waals surface area contributed by atoms with Crippen LogP contribution in [0.2, 0.25) is 0 Å². The number of rotatable bonds is 4. The molecule has 1 heterocycles. The Balaban J connectivity index is 2.21. The van der Waals surface area contributed by atoms with Crippen molar-refractivity contribution >= 4 is 17.7 Å². The second-order valence-corrected chi connectivity index (χ2v) is 7.61. The Hall–Kier alpha value is -2.89. The zero-order valence-corrected chi connectivity index (χ0v) is 17.5. The molecule has 0 radical (unpaired) electrons. The molecule has 154 valence electrons. The number of hydrogen-bond acceptors (Lipinski definition) is 6. The van der Waals surface area contributed by atoms with Crippen molar-refractivity contribution < 1.29 is 23.9 Å². The number of esters is 2. The van der Waals surface area contributed by atoms with Crippen molar-refractivity contribution in [2.24, 2.45) is 11.8 Å². The molecule has 6 nitrogen and oxygen atoms in total. The fourth-order valence-corrected chi connectivity index (χ4v) is 4.38. The van der Waals surface area contributed by atoms with Crippen LogP contribution < -0.4 is 5.32 Å². The van der Waals surface area contributed by atoms with Gasteiger partial charge >= 0.3 is 11.9 Å². The third-order valence-electron chi connectivity index (χ3n) is 5.74. The molecule has 0 spiro atoms. The van der Waals surface area contributed by atoms with Gasteiger partial charge in [-0.3, -0.25) is 9.59 Å². The highest BCUT2D eigenvalue weighted by Crippen LogP contribution is 2.46. The second-order valence-electron chi connectivity index (χ2n) is 7.61. The van der Waals surface area contributed by atoms with Crippen LogP contribution in [0, 0.1) is 18.8 Å². The third-order valence-corrected chi connectivity index (χ3v) is 5.74. The van der Waals surface area contributed by atoms with Crippen molar-refractivity contribution in [3.63, 3.8) is 0 Å². The van der Waals surface area contributed by atoms with Crippen LogP contribution >= 0.6 is 0 Å². The molecule has 6 heteroatoms. The molecule has 0 bridgehead atoms. The highest BCUT2D eigenvalue weighted by atomic mass is 16.5. The first-order valence-electron chi connectivity index (χ1n) is 9.87. The van der Waals surface area contributed by atoms with Crippen LogP contribution in [-0.4, -0.2) is 31.4 Å². The molecule has 1 aliphatic heterocycles. The van der Waals surface area contributed by atoms with Gasteiger partial charge in [0.1, 0.15) is 5.92 Å². The monoisotopic (exact) mass is 397 g/mol. The molecule has 0 amide bonds. The minimum atomic E-state index is -0.881. The molecule has 0 fully saturated rings. The molecule has 1 N–H and O–H groups in total. The van der Waals surface area contributed by atoms with Gasteiger partial charge in [0.2, 0.25) is 0 Å². The molecule has 0 saturated carbocycles. The van der Waals surface area contributed by atoms with E-state index >= 15 is 0 Å². The smallest absolute Gasteiger partial charge is 0.336 e. The number of benzene rings is 1. The minimum absolute atomic E-state index is 0.198. The summed E-state index contributed by atoms with van der Waals surface area (Å²) in [5.41, 5.74) is 4.12. The van der Waals surface area contributed by atoms with E-state index in [9.17, 15) is 14.4 Å². The van der Waals surface area contributed by atoms with E-state index in [-0.39, 0.29) is 18.3 Å². The average Bonchev–Trinajstić information content (AvgIpc) is 2.67. The number of nitrogens with one attached hydrogen (secondary N) is 1. The quantitative estimate of drug-likeness (QED) is 0.621. The minimum Gasteiger partial charge on any atom is -0.468 e. The van der Waals surface area contributed by atoms with Gasteiger partial charge in [0.05, 0.1) is 19.3 Å². The van der Waals surface area contributed by atoms with Crippen LogP contribution in [-0.2, 0) is 23.9 Å². The number of ketones is 1. The number of ether oxygens (including phenoxy) is 2. The summed E-state index contributed by atoms with van der Waals surface area (Å²) in [6.07, 6.45) is 0.524. The predicted molar refractivity (Wildman–Crippen MR) is 108 cm³/mol. The van der Waals surface area contributed by atoms with Crippen LogP contribution in [0.25, 0.3) is 0 Å². The number of allylic oxidation sites excluding steroid dienone is 3. The fourth-order valence-electron chi connectivity index (χ4n) is 4.38. The first-order chi connectivity index (χ1) is 13.8. The van der Waals surface area contributed by atoms with E-state index < -0.39 is 23.8 Å². The molecular formula is C23H27NO5. The van der Waals surface area contributed by atoms with Gasteiger partial charge in [-0.2, -0.15) is 0 Å². The summed E-state index contributed by atoms with van der Waals surface area (Å²) in [4.78, 5) is 38.8. The number of dihydropyridines is 1. The first-order valence-corrected chi connectivity index (χ1v) is 9.87. The van der Waals surface area contributed by atoms with Gasteiger partial charge in [-0.15, -0.1) is 0 Å². The predicted octanol–water partition coefficient (Wildman–Crippen LogP) is 3.17. The largest absolute Gasteiger partial charge is 0.468 e. The lowest BCUT2D eigenvalue weighted by molar-refractivity contribution is -0.151. The van der Waals surface area contributed by atoms with Crippen LogP contribution in [0.5, 0.6) is 0 Å². The highest BCUT2D eigenvalue weighted by Gasteiger charge is 2.47. The van der Waals surface area contributed by atoms with Gasteiger partial charge in [0, 0.05) is 22.9 Å². The number of aryl methyl sites for hydroxylation is 1. The maximum Gasteiger partial charge on any atom is 0.336 e. The summed E-state index contributed by atoms with van der Waals surface area (Å²) in [7, 11) is 1.29. The van der Waals surface area contributed by atoms with Gasteiger partial charge in [0.25, 0.3) is 0 Å². The molecule has 0 aromatic heterocycles. The van der Waals surface area contributed by atoms with E-state index in [0.717, 1.165) is 16.8 Å². The Bertz CT molecular complexity index is 927. The van der Waals surface area contributed by atoms with Crippen LogP contribution in [0.1, 0.15) is 44.2 Å². The van der Waals surface area contributed by atoms with Crippen molar-refractivity contribution in [1.82, 2.24) is 5.32 Å². The summed E-state index contributed by atoms with van der Waals surface area (Å²) in [5, 5.41) is 3.25. The molecular weight excluding hydrogens is 370 g/mol. The lowest BCUT2D eigenvalue weighted by Crippen LogP contribution is -2.43. The summed E-state index contributed by atoms with van der Waals surface area (Å²) in [5.74, 6) is -2.95. The van der Waals surface area contributed by atoms with Crippen LogP contribution in [0.3, 0.4) is 0 Å². The van der Waals surface area contributed by atoms with E-state index in [4.69, 9.17) is 9.47 Å². The summed E-state index contributed by atoms with van der Waals surface area (Å²) < 4.78 is 10.2. The molecule has 2 aliphatic rings. The zero-order chi connectivity index (χ0) is 21.3. The molecule has 1 aliphatic carbocycles. The number of hydrogen-bond donors (Lipinski definition) is 1. The second kappa shape index (κ2) is 8.23. The zero-order valence-electron chi connectivity index (χ0n) is 17.5. The maximum atomic E-state index is 13.5. The van der Waals surface area contributed by atoms with Gasteiger partial charge in [-0.25, -0.2) is 4.79 Å². The Labute approximate surface area is 171 Å². The number of carbonyl (C=O) groups excluding carboxylic acids is 3. The van der Waals surface area contributed by atoms with Gasteiger partial charge in [-0.1, -0.05) is 31.2 Å². The Morgan fingerprint density at radius 1 is 1.21 bits per heavy atom. The summed E-state index contributed by atoms with van der Waals surface area (Å²) in [6.45, 7) is 7.62. The SMILES string of the molecule is CCOC(=O)C1=C(C)NC2=C(C(=O)[C@@H](C(=O)OC)[C@@H](C)C2)[C@@H]1c1ccccc1C. The van der Waals surface area contributed by atoms with E-state index in [1.54, 1.807) is 6.92 Å². The molecule has 0 unspecified atom stereocenters. The molecule has 3 atom stereocenters. The summed E-state index contributed by atoms with van der Waals surface area (Å²) in [6, 6.07) is 7.67. The number of carbonyl (C=O) groups is 3. The average molecular weight is 397 g/mol. The molecule has 1 aromatic rings. The Morgan fingerprint density at radius 2 is 1.90 bits per heavy atom. The highest BCUT2D eigenvalue weighted by molar-refractivity contribution is 6.12. The third kappa shape index (κ3) is 3.59. The van der Waals surface area contributed by atoms with Crippen molar-refractivity contribution in [2.75, 3.05) is 13.7 Å². The Kier molecular flexibility index (Phi) is 5.91. The maximum absolute atomic E-state index is 13.5. The fraction of sp³-hybridized carbons (Fsp3) is 0.435. The number of Topliss-reactive ketones (excluding diaryl/α,β-unsaturated/α-hetero) is 1. The number of methoxy groups -OCH3 is 1. The van der Waals surface area contributed by atoms with E-state index in [1.807, 2.05) is 45.0 Å². The lowest BCUT2D eigenvalue weighted by Gasteiger charge is -2.38. The van der Waals surface area contributed by atoms with Crippen LogP contribution in [0.4, 0.5) is 0 Å². The molecule has 3 rings (SSSR count). The van der Waals surface area contributed by atoms with Crippen LogP contribution in [0.15, 0.2) is 46.8 Å². The van der Waals surface area contributed by atoms with Gasteiger partial charge in [-0.05, 0) is 44.2 Å². The molecule has 1 aromatic carbocycles. The van der Waals surface area contributed by atoms with Crippen molar-refractivity contribution in [3.05, 3.63) is 57.9 Å². The van der Waals surface area contributed by atoms with Crippen molar-refractivity contribution in [2.45, 2.75) is 40.0 Å². The van der Waals surface area contributed by atoms with Gasteiger partial charge < -0.3 is 14.8 Å². The van der Waals surface area contributed by atoms with Crippen molar-refractivity contribution in [1.29, 1.82) is 0 Å². The normalized spacial score (nSPS) is 24.0. The summed E-state index contributed by atoms with van der Waals surface area (Å²) >= 11 is 0. The van der Waals surface area contributed by atoms with E-state index in [0.29, 0.717) is 23.3 Å². The topological polar surface area (TPSA) is 81.7 Å². The lowest BCUT2D eigenvalue weighted by atomic mass is 9.68. The van der Waals surface area contributed by atoms with E-state index in [2.05, 4.69) is 5.32 Å². The molecule has 0 saturated heterocycles. The Morgan fingerprint density at radius 3 is 2.52 bits per heavy atom. The van der Waals surface area contributed by atoms with E-state index in [1.165, 1.54) is 7.11 Å². The van der Waals surface area contributed by atoms with Crippen molar-refractivity contribution in [3.8, 4) is 0 Å². The first kappa shape index (κ1) is 20.8. The van der Waals surface area contributed by atoms with Gasteiger partial charge in [0.15, 0.2) is 5.78 Å².